The van der Waals surface area contributed by atoms with Gasteiger partial charge >= 0.3 is 0 Å². The molecule has 0 atom stereocenters. The van der Waals surface area contributed by atoms with Gasteiger partial charge in [0.25, 0.3) is 0 Å². The molecule has 0 amide bonds. The average Bonchev–Trinajstić information content (AvgIpc) is 3.59. The minimum atomic E-state index is 1.01. The van der Waals surface area contributed by atoms with Crippen LogP contribution in [-0.4, -0.2) is 0 Å². The van der Waals surface area contributed by atoms with E-state index in [-0.39, 0.29) is 0 Å². The second kappa shape index (κ2) is 14.0. The summed E-state index contributed by atoms with van der Waals surface area (Å²) in [6.07, 6.45) is 15.6. The van der Waals surface area contributed by atoms with Crippen molar-refractivity contribution in [3.63, 3.8) is 0 Å². The number of allylic oxidation sites excluding steroid dienone is 5. The summed E-state index contributed by atoms with van der Waals surface area (Å²) in [5.41, 5.74) is 17.1. The Kier molecular flexibility index (Phi) is 8.02. The molecule has 0 spiro atoms. The third-order valence-electron chi connectivity index (χ3n) is 12.6. The lowest BCUT2D eigenvalue weighted by atomic mass is 9.87. The summed E-state index contributed by atoms with van der Waals surface area (Å²) >= 11 is 0. The van der Waals surface area contributed by atoms with Crippen LogP contribution in [0, 0.1) is 0 Å². The SMILES string of the molecule is C1=CC2=C(CC1)N(c1ccc(-c3cc4cc(-c5ccc(N6c7ccccc7C=Cc7ccccc76)cc5)c5ccccc5c4c4ccccc34)cc1)c1ccccc1C=C2. The molecule has 0 fully saturated rings. The van der Waals surface area contributed by atoms with Gasteiger partial charge < -0.3 is 9.80 Å². The molecule has 0 unspecified atom stereocenters. The molecule has 60 heavy (non-hydrogen) atoms. The Morgan fingerprint density at radius 3 is 1.33 bits per heavy atom. The van der Waals surface area contributed by atoms with Crippen molar-refractivity contribution in [1.29, 1.82) is 0 Å². The number of benzene rings is 9. The van der Waals surface area contributed by atoms with Gasteiger partial charge in [0.2, 0.25) is 0 Å². The van der Waals surface area contributed by atoms with Crippen LogP contribution in [0.3, 0.4) is 0 Å². The van der Waals surface area contributed by atoms with E-state index >= 15 is 0 Å². The molecule has 0 saturated heterocycles. The Balaban J connectivity index is 0.986. The quantitative estimate of drug-likeness (QED) is 0.165. The fourth-order valence-corrected chi connectivity index (χ4v) is 9.81. The minimum absolute atomic E-state index is 1.01. The first-order valence-electron chi connectivity index (χ1n) is 21.0. The van der Waals surface area contributed by atoms with E-state index in [1.165, 1.54) is 105 Å². The molecule has 0 saturated carbocycles. The normalized spacial score (nSPS) is 14.2. The molecule has 0 aromatic heterocycles. The number of hydrogen-bond donors (Lipinski definition) is 0. The van der Waals surface area contributed by atoms with Gasteiger partial charge in [-0.1, -0.05) is 164 Å². The molecule has 2 heteroatoms. The third-order valence-corrected chi connectivity index (χ3v) is 12.6. The summed E-state index contributed by atoms with van der Waals surface area (Å²) in [7, 11) is 0. The van der Waals surface area contributed by atoms with E-state index in [4.69, 9.17) is 0 Å². The van der Waals surface area contributed by atoms with E-state index in [2.05, 4.69) is 228 Å². The van der Waals surface area contributed by atoms with Gasteiger partial charge in [-0.15, -0.1) is 0 Å². The number of fused-ring (bicyclic) bond motifs is 8. The highest BCUT2D eigenvalue weighted by molar-refractivity contribution is 6.25. The number of hydrogen-bond acceptors (Lipinski definition) is 2. The smallest absolute Gasteiger partial charge is 0.0534 e. The highest BCUT2D eigenvalue weighted by Gasteiger charge is 2.24. The van der Waals surface area contributed by atoms with Crippen molar-refractivity contribution in [3.05, 3.63) is 228 Å². The second-order valence-electron chi connectivity index (χ2n) is 16.0. The van der Waals surface area contributed by atoms with Gasteiger partial charge in [-0.3, -0.25) is 0 Å². The molecular weight excluding hydrogens is 725 g/mol. The van der Waals surface area contributed by atoms with Crippen molar-refractivity contribution in [3.8, 4) is 22.3 Å². The summed E-state index contributed by atoms with van der Waals surface area (Å²) in [6, 6.07) is 67.2. The molecule has 9 aromatic carbocycles. The molecule has 12 rings (SSSR count). The van der Waals surface area contributed by atoms with E-state index < -0.39 is 0 Å². The maximum absolute atomic E-state index is 2.47. The third kappa shape index (κ3) is 5.56. The largest absolute Gasteiger partial charge is 0.313 e. The van der Waals surface area contributed by atoms with Crippen LogP contribution >= 0.6 is 0 Å². The zero-order chi connectivity index (χ0) is 39.6. The van der Waals surface area contributed by atoms with Crippen LogP contribution in [0.2, 0.25) is 0 Å². The van der Waals surface area contributed by atoms with E-state index in [1.807, 2.05) is 0 Å². The van der Waals surface area contributed by atoms with Crippen molar-refractivity contribution in [2.24, 2.45) is 0 Å². The maximum atomic E-state index is 2.47. The van der Waals surface area contributed by atoms with Crippen molar-refractivity contribution < 1.29 is 0 Å². The lowest BCUT2D eigenvalue weighted by Gasteiger charge is -2.30. The molecule has 9 aromatic rings. The van der Waals surface area contributed by atoms with Gasteiger partial charge in [0.15, 0.2) is 0 Å². The van der Waals surface area contributed by atoms with Crippen LogP contribution in [0.5, 0.6) is 0 Å². The fourth-order valence-electron chi connectivity index (χ4n) is 9.81. The van der Waals surface area contributed by atoms with E-state index in [9.17, 15) is 0 Å². The molecule has 0 bridgehead atoms. The van der Waals surface area contributed by atoms with Crippen LogP contribution in [0.1, 0.15) is 29.5 Å². The average molecular weight is 765 g/mol. The lowest BCUT2D eigenvalue weighted by Crippen LogP contribution is -2.19. The zero-order valence-corrected chi connectivity index (χ0v) is 33.1. The van der Waals surface area contributed by atoms with Crippen LogP contribution < -0.4 is 9.80 Å². The second-order valence-corrected chi connectivity index (χ2v) is 16.0. The highest BCUT2D eigenvalue weighted by Crippen LogP contribution is 2.46. The summed E-state index contributed by atoms with van der Waals surface area (Å²) < 4.78 is 0. The molecular formula is C58H40N2. The number of rotatable bonds is 4. The Labute approximate surface area is 350 Å². The van der Waals surface area contributed by atoms with E-state index in [0.29, 0.717) is 0 Å². The van der Waals surface area contributed by atoms with E-state index in [1.54, 1.807) is 0 Å². The first-order chi connectivity index (χ1) is 29.8. The van der Waals surface area contributed by atoms with Gasteiger partial charge in [-0.05, 0) is 144 Å². The maximum Gasteiger partial charge on any atom is 0.0534 e. The molecule has 1 aliphatic carbocycles. The summed E-state index contributed by atoms with van der Waals surface area (Å²) in [5.74, 6) is 0. The van der Waals surface area contributed by atoms with Crippen LogP contribution in [-0.2, 0) is 0 Å². The predicted octanol–water partition coefficient (Wildman–Crippen LogP) is 16.2. The standard InChI is InChI=1S/C58H40N2/c1-9-21-54-41(13-1)25-26-42-14-2-10-22-55(42)59(54)46-33-29-39(30-34-46)52-37-45-38-53(49-18-6-8-20-51(49)58(45)50-19-7-5-17-48(50)52)40-31-35-47(36-32-40)60-56-23-11-3-15-43(56)27-28-44-16-4-12-24-57(44)60/h1-11,13-23,25-38H,12,24H2. The van der Waals surface area contributed by atoms with Gasteiger partial charge in [0, 0.05) is 17.1 Å². The zero-order valence-electron chi connectivity index (χ0n) is 33.1. The fraction of sp³-hybridized carbons (Fsp3) is 0.0345. The lowest BCUT2D eigenvalue weighted by molar-refractivity contribution is 0.907. The van der Waals surface area contributed by atoms with Gasteiger partial charge in [-0.25, -0.2) is 0 Å². The van der Waals surface area contributed by atoms with Crippen molar-refractivity contribution in [2.75, 3.05) is 9.80 Å². The predicted molar refractivity (Wildman–Crippen MR) is 256 cm³/mol. The minimum Gasteiger partial charge on any atom is -0.313 e. The Morgan fingerprint density at radius 2 is 0.800 bits per heavy atom. The van der Waals surface area contributed by atoms with Crippen molar-refractivity contribution in [2.45, 2.75) is 12.8 Å². The van der Waals surface area contributed by atoms with Gasteiger partial charge in [-0.2, -0.15) is 0 Å². The molecule has 0 N–H and O–H groups in total. The topological polar surface area (TPSA) is 6.48 Å². The molecule has 282 valence electrons. The number of anilines is 5. The summed E-state index contributed by atoms with van der Waals surface area (Å²) in [4.78, 5) is 4.86. The molecule has 0 radical (unpaired) electrons. The number of para-hydroxylation sites is 3. The Morgan fingerprint density at radius 1 is 0.367 bits per heavy atom. The van der Waals surface area contributed by atoms with Crippen LogP contribution in [0.25, 0.3) is 72.8 Å². The first kappa shape index (κ1) is 34.4. The van der Waals surface area contributed by atoms with Crippen LogP contribution in [0.4, 0.5) is 28.4 Å². The van der Waals surface area contributed by atoms with Crippen molar-refractivity contribution >= 4 is 79.0 Å². The first-order valence-corrected chi connectivity index (χ1v) is 21.0. The van der Waals surface area contributed by atoms with Gasteiger partial charge in [0.1, 0.15) is 0 Å². The molecule has 2 heterocycles. The molecule has 3 aliphatic rings. The number of nitrogens with zero attached hydrogens (tertiary/aromatic N) is 2. The highest BCUT2D eigenvalue weighted by atomic mass is 15.2. The van der Waals surface area contributed by atoms with E-state index in [0.717, 1.165) is 18.5 Å². The summed E-state index contributed by atoms with van der Waals surface area (Å²) in [6.45, 7) is 0. The summed E-state index contributed by atoms with van der Waals surface area (Å²) in [5, 5.41) is 7.60. The Hall–Kier alpha value is -7.68. The van der Waals surface area contributed by atoms with Gasteiger partial charge in [0.05, 0.1) is 17.1 Å². The van der Waals surface area contributed by atoms with Crippen LogP contribution in [0.15, 0.2) is 211 Å². The Bertz CT molecular complexity index is 3260. The van der Waals surface area contributed by atoms with Crippen molar-refractivity contribution in [1.82, 2.24) is 0 Å². The molecule has 2 nitrogen and oxygen atoms in total. The monoisotopic (exact) mass is 764 g/mol. The molecule has 2 aliphatic heterocycles.